The Morgan fingerprint density at radius 1 is 1.30 bits per heavy atom. The van der Waals surface area contributed by atoms with Gasteiger partial charge in [-0.3, -0.25) is 9.78 Å². The summed E-state index contributed by atoms with van der Waals surface area (Å²) in [6, 6.07) is 9.89. The highest BCUT2D eigenvalue weighted by molar-refractivity contribution is 5.95. The number of hydrogen-bond donors (Lipinski definition) is 0. The van der Waals surface area contributed by atoms with E-state index in [-0.39, 0.29) is 11.8 Å². The Labute approximate surface area is 137 Å². The zero-order valence-electron chi connectivity index (χ0n) is 13.4. The molecule has 0 spiro atoms. The van der Waals surface area contributed by atoms with E-state index in [2.05, 4.69) is 14.9 Å². The molecule has 1 aromatic heterocycles. The van der Waals surface area contributed by atoms with E-state index >= 15 is 0 Å². The number of para-hydroxylation sites is 1. The summed E-state index contributed by atoms with van der Waals surface area (Å²) in [4.78, 5) is 25.5. The van der Waals surface area contributed by atoms with Crippen LogP contribution < -0.4 is 9.80 Å². The second-order valence-corrected chi connectivity index (χ2v) is 5.77. The first-order valence-corrected chi connectivity index (χ1v) is 8.17. The fourth-order valence-corrected chi connectivity index (χ4v) is 3.14. The predicted molar refractivity (Wildman–Crippen MR) is 91.4 cm³/mol. The Bertz CT molecular complexity index is 632. The summed E-state index contributed by atoms with van der Waals surface area (Å²) in [5.74, 6) is 1.06. The molecule has 1 amide bonds. The van der Waals surface area contributed by atoms with Crippen LogP contribution in [-0.2, 0) is 4.79 Å². The van der Waals surface area contributed by atoms with Crippen LogP contribution in [0.25, 0.3) is 0 Å². The van der Waals surface area contributed by atoms with E-state index in [1.54, 1.807) is 18.6 Å². The summed E-state index contributed by atoms with van der Waals surface area (Å²) in [6.45, 7) is 4.35. The van der Waals surface area contributed by atoms with Crippen molar-refractivity contribution in [3.8, 4) is 0 Å². The molecule has 0 aliphatic carbocycles. The first-order valence-electron chi connectivity index (χ1n) is 8.17. The van der Waals surface area contributed by atoms with Crippen LogP contribution in [-0.4, -0.2) is 35.5 Å². The predicted octanol–water partition coefficient (Wildman–Crippen LogP) is 2.75. The Balaban J connectivity index is 1.74. The third kappa shape index (κ3) is 3.50. The highest BCUT2D eigenvalue weighted by Gasteiger charge is 2.30. The molecule has 3 rings (SSSR count). The molecule has 5 heteroatoms. The zero-order chi connectivity index (χ0) is 16.1. The molecule has 0 radical (unpaired) electrons. The Morgan fingerprint density at radius 3 is 2.83 bits per heavy atom. The van der Waals surface area contributed by atoms with Crippen molar-refractivity contribution < 1.29 is 4.79 Å². The molecule has 2 aromatic rings. The van der Waals surface area contributed by atoms with Crippen LogP contribution in [0.3, 0.4) is 0 Å². The summed E-state index contributed by atoms with van der Waals surface area (Å²) in [5, 5.41) is 0. The minimum absolute atomic E-state index is 0.00547. The minimum atomic E-state index is 0.00547. The average molecular weight is 310 g/mol. The monoisotopic (exact) mass is 310 g/mol. The topological polar surface area (TPSA) is 49.3 Å². The van der Waals surface area contributed by atoms with Gasteiger partial charge in [0.1, 0.15) is 5.82 Å². The van der Waals surface area contributed by atoms with Gasteiger partial charge in [-0.2, -0.15) is 0 Å². The summed E-state index contributed by atoms with van der Waals surface area (Å²) in [5.41, 5.74) is 0.969. The first kappa shape index (κ1) is 15.5. The van der Waals surface area contributed by atoms with Gasteiger partial charge in [-0.15, -0.1) is 0 Å². The van der Waals surface area contributed by atoms with Crippen LogP contribution in [0.15, 0.2) is 48.9 Å². The normalized spacial score (nSPS) is 17.8. The zero-order valence-corrected chi connectivity index (χ0v) is 13.4. The van der Waals surface area contributed by atoms with Crippen LogP contribution in [0.1, 0.15) is 19.8 Å². The molecule has 1 fully saturated rings. The standard InChI is InChI=1S/C18H22N4O/c1-2-22(16-8-4-3-5-9-16)18(23)15-7-6-12-21(14-15)17-13-19-10-11-20-17/h3-5,8-11,13,15H,2,6-7,12,14H2,1H3/t15-/m0/s1. The van der Waals surface area contributed by atoms with Crippen molar-refractivity contribution in [2.45, 2.75) is 19.8 Å². The second kappa shape index (κ2) is 7.22. The van der Waals surface area contributed by atoms with Gasteiger partial charge in [0.05, 0.1) is 12.1 Å². The van der Waals surface area contributed by atoms with Crippen molar-refractivity contribution in [3.05, 3.63) is 48.9 Å². The van der Waals surface area contributed by atoms with Crippen LogP contribution >= 0.6 is 0 Å². The van der Waals surface area contributed by atoms with E-state index in [9.17, 15) is 4.79 Å². The summed E-state index contributed by atoms with van der Waals surface area (Å²) < 4.78 is 0. The fourth-order valence-electron chi connectivity index (χ4n) is 3.14. The number of carbonyl (C=O) groups excluding carboxylic acids is 1. The molecule has 0 unspecified atom stereocenters. The van der Waals surface area contributed by atoms with Crippen LogP contribution in [0.2, 0.25) is 0 Å². The van der Waals surface area contributed by atoms with E-state index < -0.39 is 0 Å². The van der Waals surface area contributed by atoms with E-state index in [1.165, 1.54) is 0 Å². The van der Waals surface area contributed by atoms with Gasteiger partial charge in [0.15, 0.2) is 0 Å². The molecule has 1 aromatic carbocycles. The SMILES string of the molecule is CCN(C(=O)[C@H]1CCCN(c2cnccn2)C1)c1ccccc1. The number of nitrogens with zero attached hydrogens (tertiary/aromatic N) is 4. The molecule has 1 aliphatic rings. The number of aromatic nitrogens is 2. The molecular formula is C18H22N4O. The number of carbonyl (C=O) groups is 1. The summed E-state index contributed by atoms with van der Waals surface area (Å²) >= 11 is 0. The smallest absolute Gasteiger partial charge is 0.231 e. The lowest BCUT2D eigenvalue weighted by Crippen LogP contribution is -2.45. The third-order valence-corrected chi connectivity index (χ3v) is 4.29. The van der Waals surface area contributed by atoms with Crippen molar-refractivity contribution in [1.82, 2.24) is 9.97 Å². The number of amides is 1. The highest BCUT2D eigenvalue weighted by atomic mass is 16.2. The quantitative estimate of drug-likeness (QED) is 0.871. The summed E-state index contributed by atoms with van der Waals surface area (Å²) in [6.07, 6.45) is 7.06. The number of rotatable bonds is 4. The molecular weight excluding hydrogens is 288 g/mol. The van der Waals surface area contributed by atoms with Gasteiger partial charge >= 0.3 is 0 Å². The number of piperidine rings is 1. The van der Waals surface area contributed by atoms with Gasteiger partial charge in [0, 0.05) is 37.7 Å². The Hall–Kier alpha value is -2.43. The molecule has 1 saturated heterocycles. The van der Waals surface area contributed by atoms with Crippen LogP contribution in [0.5, 0.6) is 0 Å². The highest BCUT2D eigenvalue weighted by Crippen LogP contribution is 2.24. The van der Waals surface area contributed by atoms with Gasteiger partial charge < -0.3 is 9.80 Å². The second-order valence-electron chi connectivity index (χ2n) is 5.77. The molecule has 1 aliphatic heterocycles. The van der Waals surface area contributed by atoms with E-state index in [0.29, 0.717) is 13.1 Å². The average Bonchev–Trinajstić information content (AvgIpc) is 2.64. The van der Waals surface area contributed by atoms with Crippen molar-refractivity contribution in [2.24, 2.45) is 5.92 Å². The van der Waals surface area contributed by atoms with E-state index in [0.717, 1.165) is 30.9 Å². The van der Waals surface area contributed by atoms with E-state index in [4.69, 9.17) is 0 Å². The molecule has 23 heavy (non-hydrogen) atoms. The lowest BCUT2D eigenvalue weighted by molar-refractivity contribution is -0.122. The lowest BCUT2D eigenvalue weighted by atomic mass is 9.96. The number of hydrogen-bond acceptors (Lipinski definition) is 4. The maximum Gasteiger partial charge on any atom is 0.231 e. The molecule has 5 nitrogen and oxygen atoms in total. The van der Waals surface area contributed by atoms with Crippen molar-refractivity contribution in [1.29, 1.82) is 0 Å². The summed E-state index contributed by atoms with van der Waals surface area (Å²) in [7, 11) is 0. The maximum absolute atomic E-state index is 13.0. The largest absolute Gasteiger partial charge is 0.355 e. The molecule has 2 heterocycles. The van der Waals surface area contributed by atoms with Crippen molar-refractivity contribution in [3.63, 3.8) is 0 Å². The fraction of sp³-hybridized carbons (Fsp3) is 0.389. The van der Waals surface area contributed by atoms with Gasteiger partial charge in [0.25, 0.3) is 0 Å². The Kier molecular flexibility index (Phi) is 4.86. The van der Waals surface area contributed by atoms with E-state index in [1.807, 2.05) is 42.2 Å². The third-order valence-electron chi connectivity index (χ3n) is 4.29. The lowest BCUT2D eigenvalue weighted by Gasteiger charge is -2.35. The van der Waals surface area contributed by atoms with Crippen LogP contribution in [0.4, 0.5) is 11.5 Å². The molecule has 0 saturated carbocycles. The van der Waals surface area contributed by atoms with Gasteiger partial charge in [-0.1, -0.05) is 18.2 Å². The Morgan fingerprint density at radius 2 is 2.13 bits per heavy atom. The first-order chi connectivity index (χ1) is 11.3. The van der Waals surface area contributed by atoms with Gasteiger partial charge in [-0.05, 0) is 31.9 Å². The van der Waals surface area contributed by atoms with Crippen molar-refractivity contribution >= 4 is 17.4 Å². The molecule has 1 atom stereocenters. The van der Waals surface area contributed by atoms with Gasteiger partial charge in [0.2, 0.25) is 5.91 Å². The van der Waals surface area contributed by atoms with Gasteiger partial charge in [-0.25, -0.2) is 4.98 Å². The maximum atomic E-state index is 13.0. The minimum Gasteiger partial charge on any atom is -0.355 e. The number of anilines is 2. The molecule has 0 bridgehead atoms. The number of benzene rings is 1. The molecule has 120 valence electrons. The molecule has 0 N–H and O–H groups in total. The van der Waals surface area contributed by atoms with Crippen LogP contribution in [0, 0.1) is 5.92 Å². The van der Waals surface area contributed by atoms with Crippen molar-refractivity contribution in [2.75, 3.05) is 29.4 Å².